The molecule has 3 rings (SSSR count). The topological polar surface area (TPSA) is 22.1 Å². The van der Waals surface area contributed by atoms with Crippen molar-refractivity contribution in [2.75, 3.05) is 7.11 Å². The zero-order valence-corrected chi connectivity index (χ0v) is 14.7. The molecule has 0 amide bonds. The van der Waals surface area contributed by atoms with Crippen LogP contribution in [0.15, 0.2) is 65.3 Å². The molecule has 0 aliphatic heterocycles. The lowest BCUT2D eigenvalue weighted by molar-refractivity contribution is -0.141. The van der Waals surface area contributed by atoms with E-state index in [1.54, 1.807) is 49.6 Å². The van der Waals surface area contributed by atoms with Crippen LogP contribution in [0.5, 0.6) is 5.75 Å². The molecule has 0 bridgehead atoms. The second-order valence-electron chi connectivity index (χ2n) is 5.35. The third-order valence-corrected chi connectivity index (χ3v) is 4.22. The number of alkyl halides is 3. The van der Waals surface area contributed by atoms with Gasteiger partial charge in [0.2, 0.25) is 0 Å². The van der Waals surface area contributed by atoms with Crippen LogP contribution in [-0.4, -0.2) is 12.1 Å². The summed E-state index contributed by atoms with van der Waals surface area (Å²) >= 11 is 3.36. The van der Waals surface area contributed by atoms with Crippen LogP contribution in [0.1, 0.15) is 5.69 Å². The maximum Gasteiger partial charge on any atom is 0.433 e. The van der Waals surface area contributed by atoms with E-state index in [0.717, 1.165) is 16.1 Å². The summed E-state index contributed by atoms with van der Waals surface area (Å²) in [6, 6.07) is 15.4. The number of aromatic nitrogens is 1. The molecule has 1 aromatic heterocycles. The lowest BCUT2D eigenvalue weighted by atomic mass is 9.95. The summed E-state index contributed by atoms with van der Waals surface area (Å²) in [5, 5.41) is 0. The highest BCUT2D eigenvalue weighted by molar-refractivity contribution is 9.10. The van der Waals surface area contributed by atoms with Crippen molar-refractivity contribution in [3.63, 3.8) is 0 Å². The number of rotatable bonds is 3. The molecule has 0 aliphatic rings. The van der Waals surface area contributed by atoms with Crippen LogP contribution in [0.25, 0.3) is 22.3 Å². The van der Waals surface area contributed by atoms with Crippen LogP contribution in [0.3, 0.4) is 0 Å². The summed E-state index contributed by atoms with van der Waals surface area (Å²) in [7, 11) is 1.56. The Bertz CT molecular complexity index is 892. The van der Waals surface area contributed by atoms with Crippen LogP contribution in [0.4, 0.5) is 13.2 Å². The van der Waals surface area contributed by atoms with Gasteiger partial charge in [0.05, 0.1) is 7.11 Å². The Hall–Kier alpha value is -2.34. The predicted octanol–water partition coefficient (Wildman–Crippen LogP) is 6.21. The Morgan fingerprint density at radius 2 is 1.64 bits per heavy atom. The summed E-state index contributed by atoms with van der Waals surface area (Å²) in [5.41, 5.74) is 1.60. The smallest absolute Gasteiger partial charge is 0.433 e. The molecule has 128 valence electrons. The maximum absolute atomic E-state index is 13.1. The van der Waals surface area contributed by atoms with Gasteiger partial charge in [-0.15, -0.1) is 0 Å². The molecule has 0 atom stereocenters. The molecule has 0 saturated carbocycles. The monoisotopic (exact) mass is 407 g/mol. The maximum atomic E-state index is 13.1. The molecule has 0 N–H and O–H groups in total. The zero-order chi connectivity index (χ0) is 18.0. The van der Waals surface area contributed by atoms with Gasteiger partial charge in [-0.05, 0) is 47.0 Å². The van der Waals surface area contributed by atoms with Gasteiger partial charge in [-0.25, -0.2) is 0 Å². The van der Waals surface area contributed by atoms with E-state index in [0.29, 0.717) is 22.4 Å². The van der Waals surface area contributed by atoms with E-state index >= 15 is 0 Å². The molecule has 0 saturated heterocycles. The van der Waals surface area contributed by atoms with Crippen LogP contribution < -0.4 is 4.74 Å². The van der Waals surface area contributed by atoms with Crippen LogP contribution in [-0.2, 0) is 6.18 Å². The molecule has 25 heavy (non-hydrogen) atoms. The van der Waals surface area contributed by atoms with Gasteiger partial charge in [-0.1, -0.05) is 40.2 Å². The molecule has 2 nitrogen and oxygen atoms in total. The van der Waals surface area contributed by atoms with Gasteiger partial charge in [0, 0.05) is 16.2 Å². The van der Waals surface area contributed by atoms with E-state index in [9.17, 15) is 13.2 Å². The number of hydrogen-bond donors (Lipinski definition) is 0. The molecule has 6 heteroatoms. The lowest BCUT2D eigenvalue weighted by Gasteiger charge is -2.14. The number of nitrogens with zero attached hydrogens (tertiary/aromatic N) is 1. The molecule has 0 fully saturated rings. The minimum absolute atomic E-state index is 0.466. The summed E-state index contributed by atoms with van der Waals surface area (Å²) in [5.74, 6) is 0.674. The van der Waals surface area contributed by atoms with Gasteiger partial charge in [0.1, 0.15) is 11.4 Å². The van der Waals surface area contributed by atoms with Crippen LogP contribution in [0, 0.1) is 0 Å². The fraction of sp³-hybridized carbons (Fsp3) is 0.105. The molecule has 0 unspecified atom stereocenters. The molecule has 0 aliphatic carbocycles. The van der Waals surface area contributed by atoms with Crippen molar-refractivity contribution in [2.45, 2.75) is 6.18 Å². The van der Waals surface area contributed by atoms with E-state index in [4.69, 9.17) is 4.74 Å². The van der Waals surface area contributed by atoms with Gasteiger partial charge >= 0.3 is 6.18 Å². The molecule has 3 aromatic rings. The minimum Gasteiger partial charge on any atom is -0.497 e. The highest BCUT2D eigenvalue weighted by Crippen LogP contribution is 2.37. The molecule has 0 spiro atoms. The van der Waals surface area contributed by atoms with Crippen molar-refractivity contribution in [1.29, 1.82) is 0 Å². The van der Waals surface area contributed by atoms with Crippen molar-refractivity contribution in [2.24, 2.45) is 0 Å². The lowest BCUT2D eigenvalue weighted by Crippen LogP contribution is -2.08. The first-order valence-corrected chi connectivity index (χ1v) is 8.15. The van der Waals surface area contributed by atoms with Gasteiger partial charge < -0.3 is 4.74 Å². The molecular formula is C19H13BrF3NO. The fourth-order valence-electron chi connectivity index (χ4n) is 2.51. The summed E-state index contributed by atoms with van der Waals surface area (Å²) in [4.78, 5) is 3.61. The first kappa shape index (κ1) is 17.5. The third-order valence-electron chi connectivity index (χ3n) is 3.73. The number of ether oxygens (including phenoxy) is 1. The minimum atomic E-state index is -4.50. The second-order valence-corrected chi connectivity index (χ2v) is 6.27. The molecular weight excluding hydrogens is 395 g/mol. The SMILES string of the molecule is COc1ccc(-c2cnc(C(F)(F)F)cc2-c2cccc(Br)c2)cc1. The Balaban J connectivity index is 2.20. The van der Waals surface area contributed by atoms with Crippen molar-refractivity contribution in [1.82, 2.24) is 4.98 Å². The first-order valence-electron chi connectivity index (χ1n) is 7.36. The zero-order valence-electron chi connectivity index (χ0n) is 13.1. The highest BCUT2D eigenvalue weighted by Gasteiger charge is 2.33. The normalized spacial score (nSPS) is 11.4. The van der Waals surface area contributed by atoms with E-state index in [1.807, 2.05) is 6.07 Å². The van der Waals surface area contributed by atoms with Crippen LogP contribution >= 0.6 is 15.9 Å². The van der Waals surface area contributed by atoms with Gasteiger partial charge in [0.25, 0.3) is 0 Å². The number of pyridine rings is 1. The van der Waals surface area contributed by atoms with E-state index in [2.05, 4.69) is 20.9 Å². The summed E-state index contributed by atoms with van der Waals surface area (Å²) < 4.78 is 45.2. The van der Waals surface area contributed by atoms with Gasteiger partial charge in [-0.2, -0.15) is 13.2 Å². The predicted molar refractivity (Wildman–Crippen MR) is 94.4 cm³/mol. The van der Waals surface area contributed by atoms with E-state index in [-0.39, 0.29) is 0 Å². The summed E-state index contributed by atoms with van der Waals surface area (Å²) in [6.45, 7) is 0. The number of halogens is 4. The average molecular weight is 408 g/mol. The average Bonchev–Trinajstić information content (AvgIpc) is 2.60. The van der Waals surface area contributed by atoms with Gasteiger partial charge in [0.15, 0.2) is 0 Å². The quantitative estimate of drug-likeness (QED) is 0.515. The fourth-order valence-corrected chi connectivity index (χ4v) is 2.91. The molecule has 1 heterocycles. The molecule has 2 aromatic carbocycles. The number of methoxy groups -OCH3 is 1. The van der Waals surface area contributed by atoms with E-state index < -0.39 is 11.9 Å². The number of hydrogen-bond acceptors (Lipinski definition) is 2. The van der Waals surface area contributed by atoms with E-state index in [1.165, 1.54) is 6.20 Å². The van der Waals surface area contributed by atoms with Gasteiger partial charge in [-0.3, -0.25) is 4.98 Å². The highest BCUT2D eigenvalue weighted by atomic mass is 79.9. The standard InChI is InChI=1S/C19H13BrF3NO/c1-25-15-7-5-12(6-8-15)17-11-24-18(19(21,22)23)10-16(17)13-3-2-4-14(20)9-13/h2-11H,1H3. The Morgan fingerprint density at radius 3 is 2.24 bits per heavy atom. The first-order chi connectivity index (χ1) is 11.9. The van der Waals surface area contributed by atoms with Crippen molar-refractivity contribution >= 4 is 15.9 Å². The Morgan fingerprint density at radius 1 is 0.920 bits per heavy atom. The Labute approximate surface area is 151 Å². The molecule has 0 radical (unpaired) electrons. The third kappa shape index (κ3) is 3.85. The summed E-state index contributed by atoms with van der Waals surface area (Å²) in [6.07, 6.45) is -3.24. The second kappa shape index (κ2) is 6.88. The van der Waals surface area contributed by atoms with Crippen molar-refractivity contribution in [3.8, 4) is 28.0 Å². The van der Waals surface area contributed by atoms with Crippen molar-refractivity contribution in [3.05, 3.63) is 71.0 Å². The Kier molecular flexibility index (Phi) is 4.81. The largest absolute Gasteiger partial charge is 0.497 e. The van der Waals surface area contributed by atoms with Crippen LogP contribution in [0.2, 0.25) is 0 Å². The van der Waals surface area contributed by atoms with Crippen molar-refractivity contribution < 1.29 is 17.9 Å². The number of benzene rings is 2.